The summed E-state index contributed by atoms with van der Waals surface area (Å²) in [5.74, 6) is 1.11. The van der Waals surface area contributed by atoms with Crippen molar-refractivity contribution in [1.29, 1.82) is 0 Å². The van der Waals surface area contributed by atoms with E-state index < -0.39 is 0 Å². The van der Waals surface area contributed by atoms with Gasteiger partial charge in [-0.05, 0) is 39.5 Å². The molecule has 0 amide bonds. The van der Waals surface area contributed by atoms with Crippen molar-refractivity contribution in [3.8, 4) is 0 Å². The van der Waals surface area contributed by atoms with Crippen molar-refractivity contribution in [1.82, 2.24) is 9.55 Å². The summed E-state index contributed by atoms with van der Waals surface area (Å²) in [7, 11) is 0. The van der Waals surface area contributed by atoms with Gasteiger partial charge >= 0.3 is 0 Å². The number of anilines is 1. The molecular formula is C14H23N3. The Morgan fingerprint density at radius 1 is 1.35 bits per heavy atom. The van der Waals surface area contributed by atoms with Crippen molar-refractivity contribution in [2.24, 2.45) is 0 Å². The molecule has 1 aromatic heterocycles. The summed E-state index contributed by atoms with van der Waals surface area (Å²) in [6.07, 6.45) is 4.97. The lowest BCUT2D eigenvalue weighted by Gasteiger charge is -2.32. The molecule has 0 bridgehead atoms. The number of hydrogen-bond donors (Lipinski definition) is 1. The summed E-state index contributed by atoms with van der Waals surface area (Å²) in [4.78, 5) is 4.90. The fraction of sp³-hybridized carbons (Fsp3) is 0.786. The van der Waals surface area contributed by atoms with Gasteiger partial charge in [-0.3, -0.25) is 0 Å². The van der Waals surface area contributed by atoms with Gasteiger partial charge in [-0.25, -0.2) is 4.98 Å². The predicted octanol–water partition coefficient (Wildman–Crippen LogP) is 3.26. The van der Waals surface area contributed by atoms with Gasteiger partial charge in [0.15, 0.2) is 0 Å². The van der Waals surface area contributed by atoms with Gasteiger partial charge in [-0.2, -0.15) is 0 Å². The third-order valence-corrected chi connectivity index (χ3v) is 4.38. The zero-order valence-electron chi connectivity index (χ0n) is 11.4. The van der Waals surface area contributed by atoms with Crippen LogP contribution in [0, 0.1) is 0 Å². The molecule has 1 aliphatic carbocycles. The van der Waals surface area contributed by atoms with Crippen LogP contribution in [0.25, 0.3) is 0 Å². The van der Waals surface area contributed by atoms with Gasteiger partial charge in [-0.15, -0.1) is 0 Å². The summed E-state index contributed by atoms with van der Waals surface area (Å²) in [5.41, 5.74) is 3.08. The smallest absolute Gasteiger partial charge is 0.203 e. The van der Waals surface area contributed by atoms with E-state index in [1.807, 2.05) is 0 Å². The average Bonchev–Trinajstić information content (AvgIpc) is 2.57. The van der Waals surface area contributed by atoms with E-state index in [-0.39, 0.29) is 5.41 Å². The molecule has 2 unspecified atom stereocenters. The molecule has 94 valence electrons. The Morgan fingerprint density at radius 3 is 2.88 bits per heavy atom. The van der Waals surface area contributed by atoms with Gasteiger partial charge < -0.3 is 9.88 Å². The Hall–Kier alpha value is -0.990. The first-order valence-electron chi connectivity index (χ1n) is 6.87. The minimum Gasteiger partial charge on any atom is -0.353 e. The van der Waals surface area contributed by atoms with Gasteiger partial charge in [0.1, 0.15) is 0 Å². The van der Waals surface area contributed by atoms with Gasteiger partial charge in [0.25, 0.3) is 0 Å². The first-order valence-corrected chi connectivity index (χ1v) is 6.87. The summed E-state index contributed by atoms with van der Waals surface area (Å²) in [6.45, 7) is 9.24. The van der Waals surface area contributed by atoms with Crippen molar-refractivity contribution in [3.63, 3.8) is 0 Å². The highest BCUT2D eigenvalue weighted by molar-refractivity contribution is 5.41. The molecule has 1 N–H and O–H groups in total. The Kier molecular flexibility index (Phi) is 2.29. The fourth-order valence-corrected chi connectivity index (χ4v) is 3.54. The second-order valence-corrected chi connectivity index (χ2v) is 6.47. The van der Waals surface area contributed by atoms with Crippen LogP contribution in [0.1, 0.15) is 64.4 Å². The molecule has 0 radical (unpaired) electrons. The first kappa shape index (κ1) is 11.1. The average molecular weight is 233 g/mol. The summed E-state index contributed by atoms with van der Waals surface area (Å²) >= 11 is 0. The fourth-order valence-electron chi connectivity index (χ4n) is 3.54. The van der Waals surface area contributed by atoms with Crippen molar-refractivity contribution < 1.29 is 0 Å². The van der Waals surface area contributed by atoms with E-state index in [2.05, 4.69) is 37.6 Å². The lowest BCUT2D eigenvalue weighted by atomic mass is 9.78. The van der Waals surface area contributed by atoms with Gasteiger partial charge in [0.05, 0.1) is 5.69 Å². The molecule has 1 aromatic rings. The van der Waals surface area contributed by atoms with E-state index in [4.69, 9.17) is 4.98 Å². The number of hydrogen-bond acceptors (Lipinski definition) is 2. The molecule has 0 saturated heterocycles. The lowest BCUT2D eigenvalue weighted by molar-refractivity contribution is 0.394. The maximum absolute atomic E-state index is 4.90. The van der Waals surface area contributed by atoms with Crippen LogP contribution < -0.4 is 5.32 Å². The van der Waals surface area contributed by atoms with Crippen molar-refractivity contribution >= 4 is 5.95 Å². The van der Waals surface area contributed by atoms with Crippen LogP contribution in [-0.2, 0) is 11.8 Å². The topological polar surface area (TPSA) is 29.9 Å². The van der Waals surface area contributed by atoms with Gasteiger partial charge in [0, 0.05) is 23.2 Å². The van der Waals surface area contributed by atoms with Gasteiger partial charge in [0.2, 0.25) is 5.95 Å². The molecule has 3 nitrogen and oxygen atoms in total. The van der Waals surface area contributed by atoms with Crippen LogP contribution in [0.3, 0.4) is 0 Å². The molecule has 1 aliphatic heterocycles. The van der Waals surface area contributed by atoms with Crippen molar-refractivity contribution in [2.45, 2.75) is 70.9 Å². The molecule has 0 fully saturated rings. The van der Waals surface area contributed by atoms with E-state index in [1.165, 1.54) is 37.1 Å². The molecule has 0 saturated carbocycles. The Bertz CT molecular complexity index is 445. The largest absolute Gasteiger partial charge is 0.353 e. The van der Waals surface area contributed by atoms with Crippen LogP contribution in [0.2, 0.25) is 0 Å². The Labute approximate surface area is 104 Å². The monoisotopic (exact) mass is 233 g/mol. The number of nitrogens with one attached hydrogen (secondary N) is 1. The molecule has 0 aromatic carbocycles. The molecule has 3 heteroatoms. The van der Waals surface area contributed by atoms with Crippen molar-refractivity contribution in [3.05, 3.63) is 11.4 Å². The van der Waals surface area contributed by atoms with Gasteiger partial charge in [-0.1, -0.05) is 13.8 Å². The number of imidazole rings is 1. The minimum absolute atomic E-state index is 0.253. The third kappa shape index (κ3) is 1.59. The van der Waals surface area contributed by atoms with Crippen LogP contribution in [0.4, 0.5) is 5.95 Å². The maximum atomic E-state index is 4.90. The zero-order chi connectivity index (χ0) is 12.2. The van der Waals surface area contributed by atoms with Crippen LogP contribution in [0.15, 0.2) is 0 Å². The second kappa shape index (κ2) is 3.50. The number of nitrogens with zero attached hydrogens (tertiary/aromatic N) is 2. The summed E-state index contributed by atoms with van der Waals surface area (Å²) < 4.78 is 2.45. The first-order chi connectivity index (χ1) is 7.99. The molecule has 0 spiro atoms. The van der Waals surface area contributed by atoms with Crippen LogP contribution in [-0.4, -0.2) is 15.6 Å². The number of rotatable bonds is 0. The van der Waals surface area contributed by atoms with E-state index in [1.54, 1.807) is 0 Å². The minimum atomic E-state index is 0.253. The molecule has 17 heavy (non-hydrogen) atoms. The third-order valence-electron chi connectivity index (χ3n) is 4.38. The van der Waals surface area contributed by atoms with E-state index in [0.717, 1.165) is 5.95 Å². The number of fused-ring (bicyclic) bond motifs is 3. The molecule has 3 rings (SSSR count). The standard InChI is InChI=1S/C14H23N3/c1-9-8-10(2)17-11-6-5-7-14(3,4)12(11)16-13(17)15-9/h9-10H,5-8H2,1-4H3,(H,15,16). The highest BCUT2D eigenvalue weighted by Crippen LogP contribution is 2.40. The Morgan fingerprint density at radius 2 is 2.12 bits per heavy atom. The molecule has 2 heterocycles. The maximum Gasteiger partial charge on any atom is 0.203 e. The van der Waals surface area contributed by atoms with Crippen molar-refractivity contribution in [2.75, 3.05) is 5.32 Å². The molecule has 2 aliphatic rings. The quantitative estimate of drug-likeness (QED) is 0.745. The summed E-state index contributed by atoms with van der Waals surface area (Å²) in [5, 5.41) is 3.54. The highest BCUT2D eigenvalue weighted by Gasteiger charge is 2.35. The highest BCUT2D eigenvalue weighted by atomic mass is 15.3. The van der Waals surface area contributed by atoms with E-state index in [9.17, 15) is 0 Å². The van der Waals surface area contributed by atoms with E-state index >= 15 is 0 Å². The van der Waals surface area contributed by atoms with Crippen LogP contribution in [0.5, 0.6) is 0 Å². The normalized spacial score (nSPS) is 30.4. The zero-order valence-corrected chi connectivity index (χ0v) is 11.4. The Balaban J connectivity index is 2.14. The summed E-state index contributed by atoms with van der Waals surface area (Å²) in [6, 6.07) is 1.14. The number of aromatic nitrogens is 2. The lowest BCUT2D eigenvalue weighted by Crippen LogP contribution is -2.30. The molecular weight excluding hydrogens is 210 g/mol. The second-order valence-electron chi connectivity index (χ2n) is 6.47. The predicted molar refractivity (Wildman–Crippen MR) is 70.6 cm³/mol. The van der Waals surface area contributed by atoms with Crippen LogP contribution >= 0.6 is 0 Å². The SMILES string of the molecule is CC1CC(C)n2c(nc3c2CCCC3(C)C)N1. The molecule has 2 atom stereocenters. The van der Waals surface area contributed by atoms with E-state index in [0.29, 0.717) is 12.1 Å².